The molecule has 0 aliphatic rings. The summed E-state index contributed by atoms with van der Waals surface area (Å²) in [5, 5.41) is 16.2. The van der Waals surface area contributed by atoms with Crippen molar-refractivity contribution in [3.05, 3.63) is 77.5 Å². The Labute approximate surface area is 126 Å². The number of halogens is 1. The van der Waals surface area contributed by atoms with Crippen molar-refractivity contribution in [3.8, 4) is 0 Å². The molecule has 0 saturated heterocycles. The molecular formula is C16H14FN3O2. The lowest BCUT2D eigenvalue weighted by Crippen LogP contribution is -1.96. The minimum atomic E-state index is -0.865. The Morgan fingerprint density at radius 3 is 2.82 bits per heavy atom. The third-order valence-corrected chi connectivity index (χ3v) is 3.23. The van der Waals surface area contributed by atoms with E-state index >= 15 is 0 Å². The lowest BCUT2D eigenvalue weighted by atomic mass is 10.1. The molecule has 0 aliphatic heterocycles. The first-order valence-corrected chi connectivity index (χ1v) is 6.75. The van der Waals surface area contributed by atoms with E-state index in [0.717, 1.165) is 16.9 Å². The van der Waals surface area contributed by atoms with E-state index in [9.17, 15) is 9.50 Å². The second-order valence-corrected chi connectivity index (χ2v) is 4.78. The molecule has 0 spiro atoms. The number of hydrogen-bond acceptors (Lipinski definition) is 4. The molecule has 112 valence electrons. The van der Waals surface area contributed by atoms with Gasteiger partial charge < -0.3 is 9.52 Å². The molecule has 1 aromatic carbocycles. The number of aromatic nitrogens is 3. The molecule has 2 N–H and O–H groups in total. The lowest BCUT2D eigenvalue weighted by Gasteiger charge is -2.02. The SMILES string of the molecule is OC(C=Cc1ccoc1Cc1ccc(F)cc1)c1ncn[nH]1. The van der Waals surface area contributed by atoms with Gasteiger partial charge in [-0.3, -0.25) is 5.10 Å². The molecule has 0 saturated carbocycles. The van der Waals surface area contributed by atoms with Crippen molar-refractivity contribution >= 4 is 6.08 Å². The van der Waals surface area contributed by atoms with Crippen LogP contribution in [0.3, 0.4) is 0 Å². The number of hydrogen-bond donors (Lipinski definition) is 2. The summed E-state index contributed by atoms with van der Waals surface area (Å²) < 4.78 is 18.4. The van der Waals surface area contributed by atoms with E-state index in [0.29, 0.717) is 12.2 Å². The van der Waals surface area contributed by atoms with Crippen molar-refractivity contribution in [1.82, 2.24) is 15.2 Å². The molecule has 0 bridgehead atoms. The number of aliphatic hydroxyl groups excluding tert-OH is 1. The first-order valence-electron chi connectivity index (χ1n) is 6.75. The first-order chi connectivity index (χ1) is 10.7. The van der Waals surface area contributed by atoms with Crippen molar-refractivity contribution in [1.29, 1.82) is 0 Å². The monoisotopic (exact) mass is 299 g/mol. The van der Waals surface area contributed by atoms with Gasteiger partial charge in [-0.15, -0.1) is 0 Å². The predicted octanol–water partition coefficient (Wildman–Crippen LogP) is 2.87. The van der Waals surface area contributed by atoms with Gasteiger partial charge in [0.1, 0.15) is 24.0 Å². The highest BCUT2D eigenvalue weighted by molar-refractivity contribution is 5.52. The predicted molar refractivity (Wildman–Crippen MR) is 78.3 cm³/mol. The Kier molecular flexibility index (Phi) is 4.11. The summed E-state index contributed by atoms with van der Waals surface area (Å²) in [6.07, 6.45) is 5.96. The van der Waals surface area contributed by atoms with Crippen LogP contribution >= 0.6 is 0 Å². The van der Waals surface area contributed by atoms with E-state index in [1.165, 1.54) is 18.5 Å². The molecular weight excluding hydrogens is 285 g/mol. The third kappa shape index (κ3) is 3.29. The first kappa shape index (κ1) is 14.2. The van der Waals surface area contributed by atoms with Crippen LogP contribution in [-0.4, -0.2) is 20.3 Å². The van der Waals surface area contributed by atoms with Crippen LogP contribution in [0.1, 0.15) is 28.8 Å². The van der Waals surface area contributed by atoms with Crippen LogP contribution in [0.25, 0.3) is 6.08 Å². The number of aliphatic hydroxyl groups is 1. The Balaban J connectivity index is 1.73. The fourth-order valence-corrected chi connectivity index (χ4v) is 2.07. The van der Waals surface area contributed by atoms with Crippen molar-refractivity contribution in [3.63, 3.8) is 0 Å². The van der Waals surface area contributed by atoms with Gasteiger partial charge in [-0.2, -0.15) is 5.10 Å². The highest BCUT2D eigenvalue weighted by Crippen LogP contribution is 2.19. The zero-order valence-corrected chi connectivity index (χ0v) is 11.6. The fourth-order valence-electron chi connectivity index (χ4n) is 2.07. The number of H-pyrrole nitrogens is 1. The van der Waals surface area contributed by atoms with Gasteiger partial charge in [0.2, 0.25) is 0 Å². The molecule has 0 amide bonds. The molecule has 3 aromatic rings. The highest BCUT2D eigenvalue weighted by atomic mass is 19.1. The zero-order valence-electron chi connectivity index (χ0n) is 11.6. The number of aromatic amines is 1. The number of nitrogens with zero attached hydrogens (tertiary/aromatic N) is 2. The van der Waals surface area contributed by atoms with Crippen LogP contribution in [0, 0.1) is 5.82 Å². The van der Waals surface area contributed by atoms with Gasteiger partial charge >= 0.3 is 0 Å². The topological polar surface area (TPSA) is 74.9 Å². The Bertz CT molecular complexity index is 748. The number of benzene rings is 1. The molecule has 1 unspecified atom stereocenters. The lowest BCUT2D eigenvalue weighted by molar-refractivity contribution is 0.219. The quantitative estimate of drug-likeness (QED) is 0.759. The van der Waals surface area contributed by atoms with E-state index in [4.69, 9.17) is 4.42 Å². The maximum absolute atomic E-state index is 12.9. The summed E-state index contributed by atoms with van der Waals surface area (Å²) >= 11 is 0. The van der Waals surface area contributed by atoms with Crippen molar-refractivity contribution < 1.29 is 13.9 Å². The molecule has 5 nitrogen and oxygen atoms in total. The van der Waals surface area contributed by atoms with E-state index < -0.39 is 6.10 Å². The fraction of sp³-hybridized carbons (Fsp3) is 0.125. The van der Waals surface area contributed by atoms with E-state index in [1.54, 1.807) is 30.5 Å². The van der Waals surface area contributed by atoms with Crippen molar-refractivity contribution in [2.45, 2.75) is 12.5 Å². The standard InChI is InChI=1S/C16H14FN3O2/c17-13-4-1-11(2-5-13)9-15-12(7-8-22-15)3-6-14(21)16-18-10-19-20-16/h1-8,10,14,21H,9H2,(H,18,19,20). The smallest absolute Gasteiger partial charge is 0.157 e. The van der Waals surface area contributed by atoms with Gasteiger partial charge in [0, 0.05) is 12.0 Å². The molecule has 1 atom stereocenters. The molecule has 6 heteroatoms. The summed E-state index contributed by atoms with van der Waals surface area (Å²) in [4.78, 5) is 3.89. The molecule has 22 heavy (non-hydrogen) atoms. The van der Waals surface area contributed by atoms with Crippen LogP contribution in [0.4, 0.5) is 4.39 Å². The summed E-state index contributed by atoms with van der Waals surface area (Å²) in [6, 6.07) is 8.08. The summed E-state index contributed by atoms with van der Waals surface area (Å²) in [5.41, 5.74) is 1.80. The highest BCUT2D eigenvalue weighted by Gasteiger charge is 2.08. The van der Waals surface area contributed by atoms with E-state index in [1.807, 2.05) is 6.07 Å². The third-order valence-electron chi connectivity index (χ3n) is 3.23. The Hall–Kier alpha value is -2.73. The van der Waals surface area contributed by atoms with Gasteiger partial charge in [-0.1, -0.05) is 18.2 Å². The van der Waals surface area contributed by atoms with Crippen LogP contribution in [0.2, 0.25) is 0 Å². The number of furan rings is 1. The average molecular weight is 299 g/mol. The number of nitrogens with one attached hydrogen (secondary N) is 1. The summed E-state index contributed by atoms with van der Waals surface area (Å²) in [6.45, 7) is 0. The Morgan fingerprint density at radius 2 is 2.09 bits per heavy atom. The minimum Gasteiger partial charge on any atom is -0.468 e. The van der Waals surface area contributed by atoms with E-state index in [-0.39, 0.29) is 5.82 Å². The minimum absolute atomic E-state index is 0.265. The summed E-state index contributed by atoms with van der Waals surface area (Å²) in [7, 11) is 0. The number of rotatable bonds is 5. The van der Waals surface area contributed by atoms with Crippen molar-refractivity contribution in [2.75, 3.05) is 0 Å². The molecule has 0 aliphatic carbocycles. The Morgan fingerprint density at radius 1 is 1.27 bits per heavy atom. The zero-order chi connectivity index (χ0) is 15.4. The van der Waals surface area contributed by atoms with Crippen LogP contribution in [0.5, 0.6) is 0 Å². The summed E-state index contributed by atoms with van der Waals surface area (Å²) in [5.74, 6) is 0.853. The van der Waals surface area contributed by atoms with Crippen LogP contribution in [0.15, 0.2) is 53.4 Å². The van der Waals surface area contributed by atoms with Gasteiger partial charge in [0.05, 0.1) is 6.26 Å². The normalized spacial score (nSPS) is 12.8. The molecule has 2 aromatic heterocycles. The largest absolute Gasteiger partial charge is 0.468 e. The average Bonchev–Trinajstić information content (AvgIpc) is 3.19. The van der Waals surface area contributed by atoms with Crippen LogP contribution < -0.4 is 0 Å². The second-order valence-electron chi connectivity index (χ2n) is 4.78. The molecule has 0 radical (unpaired) electrons. The molecule has 0 fully saturated rings. The van der Waals surface area contributed by atoms with Gasteiger partial charge in [0.25, 0.3) is 0 Å². The maximum Gasteiger partial charge on any atom is 0.157 e. The van der Waals surface area contributed by atoms with Gasteiger partial charge in [-0.25, -0.2) is 9.37 Å². The molecule has 3 rings (SSSR count). The maximum atomic E-state index is 12.9. The van der Waals surface area contributed by atoms with Gasteiger partial charge in [-0.05, 0) is 29.8 Å². The second kappa shape index (κ2) is 6.36. The van der Waals surface area contributed by atoms with Crippen LogP contribution in [-0.2, 0) is 6.42 Å². The van der Waals surface area contributed by atoms with Crippen molar-refractivity contribution in [2.24, 2.45) is 0 Å². The van der Waals surface area contributed by atoms with Gasteiger partial charge in [0.15, 0.2) is 5.82 Å². The molecule has 2 heterocycles. The van der Waals surface area contributed by atoms with E-state index in [2.05, 4.69) is 15.2 Å².